The number of Topliss-reactive ketones (excluding diaryl/α,β-unsaturated/α-hetero) is 1. The molecule has 0 N–H and O–H groups in total. The van der Waals surface area contributed by atoms with Crippen LogP contribution in [0, 0.1) is 0 Å². The van der Waals surface area contributed by atoms with Crippen LogP contribution in [-0.4, -0.2) is 29.3 Å². The second-order valence-corrected chi connectivity index (χ2v) is 5.82. The molecular formula is C15H18ClNO. The number of nitrogens with zero attached hydrogens (tertiary/aromatic N) is 1. The summed E-state index contributed by atoms with van der Waals surface area (Å²) in [6.45, 7) is 1.03. The predicted octanol–water partition coefficient (Wildman–Crippen LogP) is 3.08. The molecule has 2 bridgehead atoms. The van der Waals surface area contributed by atoms with Crippen molar-refractivity contribution in [1.29, 1.82) is 0 Å². The third kappa shape index (κ3) is 2.32. The van der Waals surface area contributed by atoms with E-state index in [9.17, 15) is 4.79 Å². The van der Waals surface area contributed by atoms with Crippen LogP contribution < -0.4 is 0 Å². The van der Waals surface area contributed by atoms with Crippen LogP contribution in [0.1, 0.15) is 31.2 Å². The Balaban J connectivity index is 1.65. The minimum absolute atomic E-state index is 0.455. The van der Waals surface area contributed by atoms with Crippen LogP contribution in [0.5, 0.6) is 0 Å². The third-order valence-electron chi connectivity index (χ3n) is 4.29. The average molecular weight is 264 g/mol. The van der Waals surface area contributed by atoms with E-state index in [0.717, 1.165) is 30.8 Å². The molecule has 96 valence electrons. The Kier molecular flexibility index (Phi) is 3.40. The number of carbonyl (C=O) groups excluding carboxylic acids is 1. The fourth-order valence-electron chi connectivity index (χ4n) is 3.38. The largest absolute Gasteiger partial charge is 0.300 e. The maximum atomic E-state index is 11.6. The Hall–Kier alpha value is -0.860. The Bertz CT molecular complexity index is 444. The second-order valence-electron chi connectivity index (χ2n) is 5.41. The van der Waals surface area contributed by atoms with Crippen molar-refractivity contribution in [3.05, 3.63) is 34.9 Å². The quantitative estimate of drug-likeness (QED) is 0.835. The molecular weight excluding hydrogens is 246 g/mol. The Morgan fingerprint density at radius 2 is 1.83 bits per heavy atom. The summed E-state index contributed by atoms with van der Waals surface area (Å²) in [6.07, 6.45) is 4.90. The van der Waals surface area contributed by atoms with E-state index in [-0.39, 0.29) is 0 Å². The summed E-state index contributed by atoms with van der Waals surface area (Å²) in [5, 5.41) is 0.859. The molecule has 1 aromatic rings. The first kappa shape index (κ1) is 12.2. The highest BCUT2D eigenvalue weighted by Gasteiger charge is 2.39. The maximum Gasteiger partial charge on any atom is 0.136 e. The van der Waals surface area contributed by atoms with E-state index in [4.69, 9.17) is 11.6 Å². The van der Waals surface area contributed by atoms with Crippen LogP contribution in [0.25, 0.3) is 0 Å². The van der Waals surface area contributed by atoms with Crippen molar-refractivity contribution >= 4 is 17.4 Å². The zero-order chi connectivity index (χ0) is 12.5. The van der Waals surface area contributed by atoms with E-state index >= 15 is 0 Å². The smallest absolute Gasteiger partial charge is 0.136 e. The van der Waals surface area contributed by atoms with Gasteiger partial charge < -0.3 is 0 Å². The number of hydrogen-bond donors (Lipinski definition) is 0. The lowest BCUT2D eigenvalue weighted by Crippen LogP contribution is -2.44. The molecule has 2 saturated heterocycles. The van der Waals surface area contributed by atoms with Gasteiger partial charge in [0.1, 0.15) is 5.78 Å². The lowest BCUT2D eigenvalue weighted by Gasteiger charge is -2.34. The van der Waals surface area contributed by atoms with E-state index in [0.29, 0.717) is 17.9 Å². The zero-order valence-electron chi connectivity index (χ0n) is 10.4. The summed E-state index contributed by atoms with van der Waals surface area (Å²) in [4.78, 5) is 14.1. The first-order valence-electron chi connectivity index (χ1n) is 6.75. The molecule has 0 saturated carbocycles. The fraction of sp³-hybridized carbons (Fsp3) is 0.533. The number of carbonyl (C=O) groups is 1. The van der Waals surface area contributed by atoms with E-state index in [2.05, 4.69) is 11.0 Å². The molecule has 0 radical (unpaired) electrons. The van der Waals surface area contributed by atoms with Gasteiger partial charge in [0.2, 0.25) is 0 Å². The van der Waals surface area contributed by atoms with Gasteiger partial charge in [0, 0.05) is 36.5 Å². The van der Waals surface area contributed by atoms with Crippen molar-refractivity contribution in [3.63, 3.8) is 0 Å². The highest BCUT2D eigenvalue weighted by Crippen LogP contribution is 2.34. The summed E-state index contributed by atoms with van der Waals surface area (Å²) < 4.78 is 0. The summed E-state index contributed by atoms with van der Waals surface area (Å²) in [5.74, 6) is 0.455. The molecule has 0 aliphatic carbocycles. The highest BCUT2D eigenvalue weighted by molar-refractivity contribution is 6.31. The summed E-state index contributed by atoms with van der Waals surface area (Å²) in [6, 6.07) is 9.05. The van der Waals surface area contributed by atoms with Gasteiger partial charge in [-0.15, -0.1) is 0 Å². The fourth-order valence-corrected chi connectivity index (χ4v) is 3.61. The number of halogens is 1. The average Bonchev–Trinajstić information content (AvgIpc) is 2.60. The number of hydrogen-bond acceptors (Lipinski definition) is 2. The van der Waals surface area contributed by atoms with Gasteiger partial charge in [0.05, 0.1) is 0 Å². The van der Waals surface area contributed by atoms with Crippen molar-refractivity contribution < 1.29 is 4.79 Å². The first-order valence-corrected chi connectivity index (χ1v) is 7.12. The lowest BCUT2D eigenvalue weighted by atomic mass is 10.0. The maximum absolute atomic E-state index is 11.6. The first-order chi connectivity index (χ1) is 8.74. The van der Waals surface area contributed by atoms with Gasteiger partial charge in [-0.05, 0) is 30.9 Å². The number of ketones is 1. The van der Waals surface area contributed by atoms with Gasteiger partial charge in [-0.1, -0.05) is 29.8 Å². The SMILES string of the molecule is O=C1CC2CCC(C1)N2CCc1ccccc1Cl. The summed E-state index contributed by atoms with van der Waals surface area (Å²) in [5.41, 5.74) is 1.22. The minimum Gasteiger partial charge on any atom is -0.300 e. The molecule has 0 aromatic heterocycles. The van der Waals surface area contributed by atoms with E-state index in [1.54, 1.807) is 0 Å². The molecule has 2 aliphatic heterocycles. The van der Waals surface area contributed by atoms with Crippen LogP contribution in [0.3, 0.4) is 0 Å². The van der Waals surface area contributed by atoms with Crippen molar-refractivity contribution in [1.82, 2.24) is 4.90 Å². The van der Waals surface area contributed by atoms with Crippen LogP contribution in [-0.2, 0) is 11.2 Å². The van der Waals surface area contributed by atoms with Gasteiger partial charge >= 0.3 is 0 Å². The number of rotatable bonds is 3. The molecule has 2 heterocycles. The minimum atomic E-state index is 0.455. The van der Waals surface area contributed by atoms with Crippen LogP contribution in [0.15, 0.2) is 24.3 Å². The van der Waals surface area contributed by atoms with E-state index in [1.807, 2.05) is 18.2 Å². The van der Waals surface area contributed by atoms with Crippen molar-refractivity contribution in [2.24, 2.45) is 0 Å². The topological polar surface area (TPSA) is 20.3 Å². The molecule has 2 fully saturated rings. The van der Waals surface area contributed by atoms with Gasteiger partial charge in [-0.25, -0.2) is 0 Å². The Morgan fingerprint density at radius 3 is 2.50 bits per heavy atom. The molecule has 3 rings (SSSR count). The van der Waals surface area contributed by atoms with E-state index in [1.165, 1.54) is 18.4 Å². The third-order valence-corrected chi connectivity index (χ3v) is 4.66. The van der Waals surface area contributed by atoms with Gasteiger partial charge in [-0.2, -0.15) is 0 Å². The molecule has 0 spiro atoms. The van der Waals surface area contributed by atoms with Crippen molar-refractivity contribution in [2.45, 2.75) is 44.2 Å². The van der Waals surface area contributed by atoms with Crippen molar-refractivity contribution in [3.8, 4) is 0 Å². The number of piperidine rings is 1. The molecule has 2 nitrogen and oxygen atoms in total. The highest BCUT2D eigenvalue weighted by atomic mass is 35.5. The zero-order valence-corrected chi connectivity index (χ0v) is 11.2. The predicted molar refractivity (Wildman–Crippen MR) is 72.9 cm³/mol. The standard InChI is InChI=1S/C15H18ClNO/c16-15-4-2-1-3-11(15)7-8-17-12-5-6-13(17)10-14(18)9-12/h1-4,12-13H,5-10H2. The van der Waals surface area contributed by atoms with Gasteiger partial charge in [0.15, 0.2) is 0 Å². The van der Waals surface area contributed by atoms with Gasteiger partial charge in [-0.3, -0.25) is 9.69 Å². The molecule has 18 heavy (non-hydrogen) atoms. The normalized spacial score (nSPS) is 27.7. The molecule has 0 amide bonds. The Morgan fingerprint density at radius 1 is 1.17 bits per heavy atom. The number of benzene rings is 1. The van der Waals surface area contributed by atoms with Crippen LogP contribution in [0.2, 0.25) is 5.02 Å². The Labute approximate surface area is 113 Å². The molecule has 3 heteroatoms. The number of fused-ring (bicyclic) bond motifs is 2. The lowest BCUT2D eigenvalue weighted by molar-refractivity contribution is -0.123. The summed E-state index contributed by atoms with van der Waals surface area (Å²) in [7, 11) is 0. The second kappa shape index (κ2) is 5.02. The van der Waals surface area contributed by atoms with Crippen LogP contribution in [0.4, 0.5) is 0 Å². The van der Waals surface area contributed by atoms with E-state index < -0.39 is 0 Å². The van der Waals surface area contributed by atoms with Gasteiger partial charge in [0.25, 0.3) is 0 Å². The summed E-state index contributed by atoms with van der Waals surface area (Å²) >= 11 is 6.18. The van der Waals surface area contributed by atoms with Crippen LogP contribution >= 0.6 is 11.6 Å². The molecule has 2 unspecified atom stereocenters. The van der Waals surface area contributed by atoms with Crippen molar-refractivity contribution in [2.75, 3.05) is 6.54 Å². The monoisotopic (exact) mass is 263 g/mol. The molecule has 2 atom stereocenters. The molecule has 1 aromatic carbocycles. The molecule has 2 aliphatic rings.